The first-order chi connectivity index (χ1) is 13.0. The molecule has 0 amide bonds. The van der Waals surface area contributed by atoms with Gasteiger partial charge in [0.05, 0.1) is 29.4 Å². The first-order valence-corrected chi connectivity index (χ1v) is 8.02. The number of nitrogens with zero attached hydrogens (tertiary/aromatic N) is 4. The number of fused-ring (bicyclic) bond motifs is 3. The van der Waals surface area contributed by atoms with Gasteiger partial charge < -0.3 is 4.74 Å². The third-order valence-corrected chi connectivity index (χ3v) is 4.07. The van der Waals surface area contributed by atoms with Crippen molar-refractivity contribution in [3.05, 3.63) is 70.4 Å². The Labute approximate surface area is 150 Å². The zero-order chi connectivity index (χ0) is 19.1. The Morgan fingerprint density at radius 3 is 2.74 bits per heavy atom. The lowest BCUT2D eigenvalue weighted by Gasteiger charge is -2.08. The van der Waals surface area contributed by atoms with Gasteiger partial charge in [0, 0.05) is 18.5 Å². The smallest absolute Gasteiger partial charge is 0.343 e. The Morgan fingerprint density at radius 2 is 2.00 bits per heavy atom. The van der Waals surface area contributed by atoms with E-state index in [1.165, 1.54) is 33.7 Å². The summed E-state index contributed by atoms with van der Waals surface area (Å²) in [7, 11) is 0. The van der Waals surface area contributed by atoms with Crippen molar-refractivity contribution < 1.29 is 18.3 Å². The van der Waals surface area contributed by atoms with Crippen molar-refractivity contribution >= 4 is 22.5 Å². The molecular weight excluding hydrogens is 358 g/mol. The SMILES string of the molecule is CCOC(=O)c1cnn2c1ncc1c(=O)n(-c3ccc(F)c(F)c3)ccc12. The molecule has 0 saturated carbocycles. The second-order valence-corrected chi connectivity index (χ2v) is 5.66. The predicted molar refractivity (Wildman–Crippen MR) is 92.0 cm³/mol. The van der Waals surface area contributed by atoms with E-state index in [1.54, 1.807) is 13.0 Å². The van der Waals surface area contributed by atoms with Crippen molar-refractivity contribution in [2.24, 2.45) is 0 Å². The van der Waals surface area contributed by atoms with E-state index in [0.29, 0.717) is 5.52 Å². The molecule has 0 aliphatic rings. The van der Waals surface area contributed by atoms with Crippen LogP contribution < -0.4 is 5.56 Å². The van der Waals surface area contributed by atoms with E-state index in [1.807, 2.05) is 0 Å². The van der Waals surface area contributed by atoms with Crippen LogP contribution in [0, 0.1) is 11.6 Å². The molecule has 3 aromatic heterocycles. The fourth-order valence-corrected chi connectivity index (χ4v) is 2.81. The van der Waals surface area contributed by atoms with Gasteiger partial charge in [-0.25, -0.2) is 23.1 Å². The van der Waals surface area contributed by atoms with Gasteiger partial charge in [-0.1, -0.05) is 0 Å². The number of esters is 1. The summed E-state index contributed by atoms with van der Waals surface area (Å²) < 4.78 is 34.1. The summed E-state index contributed by atoms with van der Waals surface area (Å²) in [6.07, 6.45) is 4.05. The van der Waals surface area contributed by atoms with Crippen molar-refractivity contribution in [2.45, 2.75) is 6.92 Å². The summed E-state index contributed by atoms with van der Waals surface area (Å²) in [6.45, 7) is 1.90. The number of carbonyl (C=O) groups is 1. The maximum atomic E-state index is 13.5. The summed E-state index contributed by atoms with van der Waals surface area (Å²) in [5.74, 6) is -2.62. The van der Waals surface area contributed by atoms with Crippen LogP contribution in [0.25, 0.3) is 22.2 Å². The number of pyridine rings is 1. The highest BCUT2D eigenvalue weighted by Gasteiger charge is 2.18. The second kappa shape index (κ2) is 6.27. The van der Waals surface area contributed by atoms with E-state index >= 15 is 0 Å². The molecule has 3 heterocycles. The largest absolute Gasteiger partial charge is 0.462 e. The quantitative estimate of drug-likeness (QED) is 0.518. The summed E-state index contributed by atoms with van der Waals surface area (Å²) in [5.41, 5.74) is 0.545. The fraction of sp³-hybridized carbons (Fsp3) is 0.111. The van der Waals surface area contributed by atoms with Crippen LogP contribution in [0.15, 0.2) is 47.7 Å². The molecule has 0 saturated heterocycles. The molecule has 4 aromatic rings. The highest BCUT2D eigenvalue weighted by molar-refractivity contribution is 5.96. The molecule has 7 nitrogen and oxygen atoms in total. The third kappa shape index (κ3) is 2.64. The second-order valence-electron chi connectivity index (χ2n) is 5.66. The minimum Gasteiger partial charge on any atom is -0.462 e. The lowest BCUT2D eigenvalue weighted by atomic mass is 10.2. The van der Waals surface area contributed by atoms with Crippen LogP contribution >= 0.6 is 0 Å². The Morgan fingerprint density at radius 1 is 1.19 bits per heavy atom. The van der Waals surface area contributed by atoms with Crippen LogP contribution in [0.3, 0.4) is 0 Å². The molecule has 136 valence electrons. The molecule has 0 aliphatic carbocycles. The monoisotopic (exact) mass is 370 g/mol. The fourth-order valence-electron chi connectivity index (χ4n) is 2.81. The van der Waals surface area contributed by atoms with Gasteiger partial charge in [-0.05, 0) is 25.1 Å². The molecule has 0 unspecified atom stereocenters. The van der Waals surface area contributed by atoms with Gasteiger partial charge in [0.15, 0.2) is 17.3 Å². The molecule has 1 aromatic carbocycles. The van der Waals surface area contributed by atoms with Crippen LogP contribution in [0.4, 0.5) is 8.78 Å². The zero-order valence-corrected chi connectivity index (χ0v) is 14.0. The third-order valence-electron chi connectivity index (χ3n) is 4.07. The predicted octanol–water partition coefficient (Wildman–Crippen LogP) is 2.49. The van der Waals surface area contributed by atoms with Crippen molar-refractivity contribution in [1.82, 2.24) is 19.2 Å². The van der Waals surface area contributed by atoms with Gasteiger partial charge in [-0.15, -0.1) is 0 Å². The van der Waals surface area contributed by atoms with Gasteiger partial charge in [-0.2, -0.15) is 5.10 Å². The number of hydrogen-bond donors (Lipinski definition) is 0. The van der Waals surface area contributed by atoms with Gasteiger partial charge in [-0.3, -0.25) is 9.36 Å². The van der Waals surface area contributed by atoms with Crippen LogP contribution in [0.5, 0.6) is 0 Å². The minimum absolute atomic E-state index is 0.175. The maximum Gasteiger partial charge on any atom is 0.343 e. The lowest BCUT2D eigenvalue weighted by molar-refractivity contribution is 0.0528. The minimum atomic E-state index is -1.06. The summed E-state index contributed by atoms with van der Waals surface area (Å²) in [4.78, 5) is 28.9. The summed E-state index contributed by atoms with van der Waals surface area (Å²) >= 11 is 0. The average molecular weight is 370 g/mol. The number of aromatic nitrogens is 4. The first-order valence-electron chi connectivity index (χ1n) is 8.02. The molecule has 4 rings (SSSR count). The summed E-state index contributed by atoms with van der Waals surface area (Å²) in [6, 6.07) is 4.75. The van der Waals surface area contributed by atoms with Crippen LogP contribution in [-0.2, 0) is 4.74 Å². The molecule has 0 bridgehead atoms. The highest BCUT2D eigenvalue weighted by atomic mass is 19.2. The number of rotatable bonds is 3. The molecule has 0 aliphatic heterocycles. The molecule has 9 heteroatoms. The van der Waals surface area contributed by atoms with Crippen molar-refractivity contribution in [1.29, 1.82) is 0 Å². The number of halogens is 2. The average Bonchev–Trinajstić information content (AvgIpc) is 3.09. The molecular formula is C18H12F2N4O3. The van der Waals surface area contributed by atoms with Crippen LogP contribution in [-0.4, -0.2) is 31.7 Å². The summed E-state index contributed by atoms with van der Waals surface area (Å²) in [5, 5.41) is 4.32. The molecule has 27 heavy (non-hydrogen) atoms. The Bertz CT molecular complexity index is 1260. The van der Waals surface area contributed by atoms with Crippen molar-refractivity contribution in [3.63, 3.8) is 0 Å². The molecule has 0 atom stereocenters. The van der Waals surface area contributed by atoms with E-state index in [4.69, 9.17) is 4.74 Å². The first kappa shape index (κ1) is 16.8. The topological polar surface area (TPSA) is 78.5 Å². The lowest BCUT2D eigenvalue weighted by Crippen LogP contribution is -2.19. The van der Waals surface area contributed by atoms with E-state index in [9.17, 15) is 18.4 Å². The van der Waals surface area contributed by atoms with E-state index in [-0.39, 0.29) is 28.9 Å². The van der Waals surface area contributed by atoms with E-state index in [2.05, 4.69) is 10.1 Å². The Balaban J connectivity index is 1.92. The molecule has 0 fully saturated rings. The van der Waals surface area contributed by atoms with Gasteiger partial charge in [0.1, 0.15) is 5.56 Å². The normalized spacial score (nSPS) is 11.2. The standard InChI is InChI=1S/C18H12F2N4O3/c1-2-27-18(26)12-9-22-24-15-5-6-23(10-3-4-13(19)14(20)7-10)17(25)11(15)8-21-16(12)24/h3-9H,2H2,1H3. The van der Waals surface area contributed by atoms with Crippen LogP contribution in [0.2, 0.25) is 0 Å². The van der Waals surface area contributed by atoms with Crippen molar-refractivity contribution in [2.75, 3.05) is 6.61 Å². The Hall–Kier alpha value is -3.62. The number of carbonyl (C=O) groups excluding carboxylic acids is 1. The van der Waals surface area contributed by atoms with E-state index in [0.717, 1.165) is 12.1 Å². The number of ether oxygens (including phenoxy) is 1. The van der Waals surface area contributed by atoms with Gasteiger partial charge in [0.25, 0.3) is 5.56 Å². The number of hydrogen-bond acceptors (Lipinski definition) is 5. The van der Waals surface area contributed by atoms with Gasteiger partial charge in [0.2, 0.25) is 0 Å². The molecule has 0 radical (unpaired) electrons. The van der Waals surface area contributed by atoms with Gasteiger partial charge >= 0.3 is 5.97 Å². The Kier molecular flexibility index (Phi) is 3.91. The molecule has 0 spiro atoms. The van der Waals surface area contributed by atoms with Crippen LogP contribution in [0.1, 0.15) is 17.3 Å². The van der Waals surface area contributed by atoms with E-state index < -0.39 is 23.2 Å². The zero-order valence-electron chi connectivity index (χ0n) is 14.0. The highest BCUT2D eigenvalue weighted by Crippen LogP contribution is 2.17. The molecule has 0 N–H and O–H groups in total. The van der Waals surface area contributed by atoms with Crippen molar-refractivity contribution in [3.8, 4) is 5.69 Å². The maximum absolute atomic E-state index is 13.5. The number of benzene rings is 1.